The zero-order valence-corrected chi connectivity index (χ0v) is 12.0. The highest BCUT2D eigenvalue weighted by molar-refractivity contribution is 5.81. The van der Waals surface area contributed by atoms with E-state index >= 15 is 0 Å². The highest BCUT2D eigenvalue weighted by Crippen LogP contribution is 2.21. The Labute approximate surface area is 126 Å². The minimum Gasteiger partial charge on any atom is -0.468 e. The molecule has 6 nitrogen and oxygen atoms in total. The van der Waals surface area contributed by atoms with Gasteiger partial charge in [0.1, 0.15) is 12.4 Å². The molecule has 0 aliphatic heterocycles. The monoisotopic (exact) mass is 306 g/mol. The lowest BCUT2D eigenvalue weighted by Crippen LogP contribution is -2.30. The van der Waals surface area contributed by atoms with E-state index in [1.165, 1.54) is 25.4 Å². The van der Waals surface area contributed by atoms with Gasteiger partial charge in [-0.25, -0.2) is 9.37 Å². The Morgan fingerprint density at radius 2 is 2.05 bits per heavy atom. The van der Waals surface area contributed by atoms with Crippen molar-refractivity contribution in [3.8, 4) is 11.3 Å². The molecule has 0 aliphatic rings. The normalized spacial score (nSPS) is 10.3. The molecule has 7 heteroatoms. The molecule has 1 aromatic heterocycles. The fourth-order valence-electron chi connectivity index (χ4n) is 1.73. The van der Waals surface area contributed by atoms with E-state index in [-0.39, 0.29) is 24.7 Å². The molecule has 1 amide bonds. The first-order valence-electron chi connectivity index (χ1n) is 6.62. The first-order valence-corrected chi connectivity index (χ1v) is 6.62. The molecule has 0 saturated heterocycles. The van der Waals surface area contributed by atoms with Crippen LogP contribution in [0.5, 0.6) is 0 Å². The number of hydrogen-bond donors (Lipinski definition) is 1. The van der Waals surface area contributed by atoms with Gasteiger partial charge in [0.05, 0.1) is 13.3 Å². The lowest BCUT2D eigenvalue weighted by molar-refractivity contribution is -0.141. The third-order valence-corrected chi connectivity index (χ3v) is 2.91. The van der Waals surface area contributed by atoms with Crippen molar-refractivity contribution in [1.29, 1.82) is 0 Å². The third-order valence-electron chi connectivity index (χ3n) is 2.91. The van der Waals surface area contributed by atoms with Gasteiger partial charge in [-0.2, -0.15) is 0 Å². The average molecular weight is 306 g/mol. The predicted octanol–water partition coefficient (Wildman–Crippen LogP) is 1.70. The Kier molecular flexibility index (Phi) is 5.24. The van der Waals surface area contributed by atoms with Crippen LogP contribution in [-0.4, -0.2) is 30.5 Å². The largest absolute Gasteiger partial charge is 0.468 e. The maximum atomic E-state index is 12.8. The summed E-state index contributed by atoms with van der Waals surface area (Å²) in [6.07, 6.45) is 1.96. The van der Waals surface area contributed by atoms with Crippen molar-refractivity contribution in [2.45, 2.75) is 12.8 Å². The molecule has 1 heterocycles. The number of aryl methyl sites for hydroxylation is 1. The third kappa shape index (κ3) is 4.41. The molecule has 0 aliphatic carbocycles. The zero-order chi connectivity index (χ0) is 15.9. The SMILES string of the molecule is COC(=O)CNC(=O)CCc1ncc(-c2ccc(F)cc2)o1. The van der Waals surface area contributed by atoms with Crippen molar-refractivity contribution in [1.82, 2.24) is 10.3 Å². The number of rotatable bonds is 6. The second-order valence-electron chi connectivity index (χ2n) is 4.48. The molecule has 0 unspecified atom stereocenters. The summed E-state index contributed by atoms with van der Waals surface area (Å²) in [7, 11) is 1.25. The molecular weight excluding hydrogens is 291 g/mol. The van der Waals surface area contributed by atoms with Crippen molar-refractivity contribution in [2.24, 2.45) is 0 Å². The van der Waals surface area contributed by atoms with E-state index in [0.717, 1.165) is 0 Å². The van der Waals surface area contributed by atoms with Gasteiger partial charge in [-0.1, -0.05) is 0 Å². The van der Waals surface area contributed by atoms with Crippen LogP contribution in [0.25, 0.3) is 11.3 Å². The van der Waals surface area contributed by atoms with E-state index in [1.54, 1.807) is 12.1 Å². The predicted molar refractivity (Wildman–Crippen MR) is 75.2 cm³/mol. The fraction of sp³-hybridized carbons (Fsp3) is 0.267. The standard InChI is InChI=1S/C15H15FN2O4/c1-21-15(20)9-17-13(19)6-7-14-18-8-12(22-14)10-2-4-11(16)5-3-10/h2-5,8H,6-7,9H2,1H3,(H,17,19). The van der Waals surface area contributed by atoms with E-state index in [1.807, 2.05) is 0 Å². The Hall–Kier alpha value is -2.70. The second-order valence-corrected chi connectivity index (χ2v) is 4.48. The van der Waals surface area contributed by atoms with Crippen LogP contribution in [0.1, 0.15) is 12.3 Å². The molecule has 1 N–H and O–H groups in total. The van der Waals surface area contributed by atoms with Crippen molar-refractivity contribution in [3.05, 3.63) is 42.2 Å². The molecule has 116 valence electrons. The molecule has 0 atom stereocenters. The number of carbonyl (C=O) groups excluding carboxylic acids is 2. The van der Waals surface area contributed by atoms with E-state index in [2.05, 4.69) is 15.0 Å². The van der Waals surface area contributed by atoms with Gasteiger partial charge in [-0.3, -0.25) is 9.59 Å². The lowest BCUT2D eigenvalue weighted by Gasteiger charge is -2.02. The molecule has 0 saturated carbocycles. The summed E-state index contributed by atoms with van der Waals surface area (Å²) < 4.78 is 22.8. The first kappa shape index (κ1) is 15.7. The Bertz CT molecular complexity index is 652. The molecule has 0 bridgehead atoms. The van der Waals surface area contributed by atoms with Gasteiger partial charge in [0.15, 0.2) is 11.7 Å². The number of halogens is 1. The zero-order valence-electron chi connectivity index (χ0n) is 12.0. The number of nitrogens with zero attached hydrogens (tertiary/aromatic N) is 1. The maximum Gasteiger partial charge on any atom is 0.325 e. The number of oxazole rings is 1. The number of hydrogen-bond acceptors (Lipinski definition) is 5. The maximum absolute atomic E-state index is 12.8. The van der Waals surface area contributed by atoms with Crippen LogP contribution < -0.4 is 5.32 Å². The topological polar surface area (TPSA) is 81.4 Å². The van der Waals surface area contributed by atoms with Crippen LogP contribution in [-0.2, 0) is 20.7 Å². The van der Waals surface area contributed by atoms with Crippen LogP contribution in [0.2, 0.25) is 0 Å². The van der Waals surface area contributed by atoms with Crippen LogP contribution >= 0.6 is 0 Å². The first-order chi connectivity index (χ1) is 10.6. The summed E-state index contributed by atoms with van der Waals surface area (Å²) >= 11 is 0. The van der Waals surface area contributed by atoms with E-state index < -0.39 is 5.97 Å². The fourth-order valence-corrected chi connectivity index (χ4v) is 1.73. The summed E-state index contributed by atoms with van der Waals surface area (Å²) in [5.41, 5.74) is 0.704. The van der Waals surface area contributed by atoms with Gasteiger partial charge in [-0.15, -0.1) is 0 Å². The smallest absolute Gasteiger partial charge is 0.325 e. The number of benzene rings is 1. The number of carbonyl (C=O) groups is 2. The molecule has 0 spiro atoms. The second kappa shape index (κ2) is 7.35. The Morgan fingerprint density at radius 3 is 2.73 bits per heavy atom. The van der Waals surface area contributed by atoms with Crippen molar-refractivity contribution in [2.75, 3.05) is 13.7 Å². The highest BCUT2D eigenvalue weighted by atomic mass is 19.1. The van der Waals surface area contributed by atoms with Gasteiger partial charge in [-0.05, 0) is 24.3 Å². The van der Waals surface area contributed by atoms with E-state index in [0.29, 0.717) is 23.6 Å². The van der Waals surface area contributed by atoms with Crippen molar-refractivity contribution >= 4 is 11.9 Å². The van der Waals surface area contributed by atoms with Crippen molar-refractivity contribution < 1.29 is 23.1 Å². The number of aromatic nitrogens is 1. The summed E-state index contributed by atoms with van der Waals surface area (Å²) in [6.45, 7) is -0.165. The molecular formula is C15H15FN2O4. The van der Waals surface area contributed by atoms with E-state index in [4.69, 9.17) is 4.42 Å². The summed E-state index contributed by atoms with van der Waals surface area (Å²) in [5, 5.41) is 2.42. The van der Waals surface area contributed by atoms with Crippen LogP contribution in [0.15, 0.2) is 34.9 Å². The molecule has 2 rings (SSSR count). The minimum atomic E-state index is -0.511. The molecule has 0 fully saturated rings. The van der Waals surface area contributed by atoms with Gasteiger partial charge in [0.2, 0.25) is 5.91 Å². The van der Waals surface area contributed by atoms with Gasteiger partial charge in [0, 0.05) is 18.4 Å². The average Bonchev–Trinajstić information content (AvgIpc) is 3.00. The van der Waals surface area contributed by atoms with Gasteiger partial charge < -0.3 is 14.5 Å². The summed E-state index contributed by atoms with van der Waals surface area (Å²) in [5.74, 6) is -0.238. The molecule has 22 heavy (non-hydrogen) atoms. The van der Waals surface area contributed by atoms with E-state index in [9.17, 15) is 14.0 Å². The van der Waals surface area contributed by atoms with Crippen LogP contribution in [0.4, 0.5) is 4.39 Å². The molecule has 1 aromatic carbocycles. The number of ether oxygens (including phenoxy) is 1. The van der Waals surface area contributed by atoms with Gasteiger partial charge in [0.25, 0.3) is 0 Å². The Morgan fingerprint density at radius 1 is 1.32 bits per heavy atom. The molecule has 0 radical (unpaired) electrons. The minimum absolute atomic E-state index is 0.139. The summed E-state index contributed by atoms with van der Waals surface area (Å²) in [6, 6.07) is 5.83. The number of nitrogens with one attached hydrogen (secondary N) is 1. The Balaban J connectivity index is 1.86. The van der Waals surface area contributed by atoms with Crippen molar-refractivity contribution in [3.63, 3.8) is 0 Å². The van der Waals surface area contributed by atoms with Gasteiger partial charge >= 0.3 is 5.97 Å². The molecule has 2 aromatic rings. The highest BCUT2D eigenvalue weighted by Gasteiger charge is 2.10. The lowest BCUT2D eigenvalue weighted by atomic mass is 10.2. The number of amides is 1. The number of esters is 1. The summed E-state index contributed by atoms with van der Waals surface area (Å²) in [4.78, 5) is 26.5. The quantitative estimate of drug-likeness (QED) is 0.822. The van der Waals surface area contributed by atoms with Crippen LogP contribution in [0.3, 0.4) is 0 Å². The van der Waals surface area contributed by atoms with Crippen LogP contribution in [0, 0.1) is 5.82 Å². The number of methoxy groups -OCH3 is 1.